The highest BCUT2D eigenvalue weighted by Gasteiger charge is 2.31. The van der Waals surface area contributed by atoms with Crippen molar-refractivity contribution in [3.05, 3.63) is 137 Å². The summed E-state index contributed by atoms with van der Waals surface area (Å²) in [5.41, 5.74) is 2.38. The van der Waals surface area contributed by atoms with E-state index in [4.69, 9.17) is 4.74 Å². The second-order valence-corrected chi connectivity index (χ2v) is 13.7. The molecular formula is C36H37FN4O5S. The SMILES string of the molecule is C[C@@H](COC(=O)N1CCC(n2c(=O)n(S(=O)(=O)c3ccc(F)cc3)c3ccccc32)CC1)N(Cc1ccccc1)Cc1ccccc1. The van der Waals surface area contributed by atoms with Crippen LogP contribution in [0.1, 0.15) is 36.9 Å². The first-order valence-corrected chi connectivity index (χ1v) is 17.1. The third-order valence-corrected chi connectivity index (χ3v) is 10.4. The minimum absolute atomic E-state index is 0.0512. The number of rotatable bonds is 10. The van der Waals surface area contributed by atoms with E-state index in [0.29, 0.717) is 44.5 Å². The van der Waals surface area contributed by atoms with Crippen LogP contribution in [0.15, 0.2) is 119 Å². The van der Waals surface area contributed by atoms with Gasteiger partial charge in [-0.1, -0.05) is 72.8 Å². The van der Waals surface area contributed by atoms with Gasteiger partial charge in [0, 0.05) is 38.3 Å². The minimum atomic E-state index is -4.29. The lowest BCUT2D eigenvalue weighted by molar-refractivity contribution is 0.0567. The number of benzene rings is 4. The van der Waals surface area contributed by atoms with Crippen molar-refractivity contribution in [2.45, 2.75) is 49.8 Å². The first kappa shape index (κ1) is 32.2. The zero-order chi connectivity index (χ0) is 33.0. The molecule has 5 aromatic rings. The largest absolute Gasteiger partial charge is 0.448 e. The summed E-state index contributed by atoms with van der Waals surface area (Å²) in [5.74, 6) is -0.574. The minimum Gasteiger partial charge on any atom is -0.448 e. The van der Waals surface area contributed by atoms with Gasteiger partial charge in [-0.25, -0.2) is 22.4 Å². The van der Waals surface area contributed by atoms with Gasteiger partial charge in [-0.2, -0.15) is 3.97 Å². The molecule has 11 heteroatoms. The van der Waals surface area contributed by atoms with Crippen molar-refractivity contribution in [3.63, 3.8) is 0 Å². The van der Waals surface area contributed by atoms with E-state index in [2.05, 4.69) is 29.2 Å². The van der Waals surface area contributed by atoms with Gasteiger partial charge in [0.25, 0.3) is 10.0 Å². The van der Waals surface area contributed by atoms with Crippen molar-refractivity contribution in [2.24, 2.45) is 0 Å². The number of halogens is 1. The van der Waals surface area contributed by atoms with Crippen molar-refractivity contribution in [3.8, 4) is 0 Å². The molecule has 9 nitrogen and oxygen atoms in total. The summed E-state index contributed by atoms with van der Waals surface area (Å²) in [6, 6.07) is 31.1. The van der Waals surface area contributed by atoms with Gasteiger partial charge in [-0.3, -0.25) is 9.47 Å². The molecule has 1 aromatic heterocycles. The fourth-order valence-electron chi connectivity index (χ4n) is 6.14. The maximum Gasteiger partial charge on any atom is 0.409 e. The number of aromatic nitrogens is 2. The molecule has 1 saturated heterocycles. The van der Waals surface area contributed by atoms with Crippen LogP contribution in [0.4, 0.5) is 9.18 Å². The highest BCUT2D eigenvalue weighted by atomic mass is 32.2. The fourth-order valence-corrected chi connectivity index (χ4v) is 7.54. The van der Waals surface area contributed by atoms with Crippen LogP contribution in [0.25, 0.3) is 11.0 Å². The molecule has 0 N–H and O–H groups in total. The Morgan fingerprint density at radius 1 is 0.830 bits per heavy atom. The molecule has 1 atom stereocenters. The highest BCUT2D eigenvalue weighted by molar-refractivity contribution is 7.90. The third-order valence-electron chi connectivity index (χ3n) is 8.71. The van der Waals surface area contributed by atoms with Crippen molar-refractivity contribution in [1.29, 1.82) is 0 Å². The molecule has 1 fully saturated rings. The van der Waals surface area contributed by atoms with Gasteiger partial charge in [0.15, 0.2) is 0 Å². The number of imidazole rings is 1. The van der Waals surface area contributed by atoms with Crippen molar-refractivity contribution >= 4 is 27.1 Å². The average Bonchev–Trinajstić information content (AvgIpc) is 3.40. The maximum absolute atomic E-state index is 13.8. The van der Waals surface area contributed by atoms with Crippen molar-refractivity contribution in [2.75, 3.05) is 19.7 Å². The molecular weight excluding hydrogens is 619 g/mol. The van der Waals surface area contributed by atoms with Crippen LogP contribution >= 0.6 is 0 Å². The number of nitrogens with zero attached hydrogens (tertiary/aromatic N) is 4. The Hall–Kier alpha value is -4.74. The number of carbonyl (C=O) groups is 1. The van der Waals surface area contributed by atoms with Crippen LogP contribution < -0.4 is 5.69 Å². The Balaban J connectivity index is 1.13. The molecule has 0 saturated carbocycles. The molecule has 0 spiro atoms. The Morgan fingerprint density at radius 3 is 1.94 bits per heavy atom. The smallest absolute Gasteiger partial charge is 0.409 e. The van der Waals surface area contributed by atoms with Crippen LogP contribution in [0.2, 0.25) is 0 Å². The average molecular weight is 657 g/mol. The first-order chi connectivity index (χ1) is 22.7. The second-order valence-electron chi connectivity index (χ2n) is 11.9. The molecule has 0 unspecified atom stereocenters. The number of likely N-dealkylation sites (tertiary alicyclic amines) is 1. The summed E-state index contributed by atoms with van der Waals surface area (Å²) in [7, 11) is -4.29. The van der Waals surface area contributed by atoms with Gasteiger partial charge in [0.1, 0.15) is 12.4 Å². The van der Waals surface area contributed by atoms with Crippen LogP contribution in [0.5, 0.6) is 0 Å². The second kappa shape index (κ2) is 13.9. The van der Waals surface area contributed by atoms with E-state index in [1.165, 1.54) is 15.7 Å². The zero-order valence-electron chi connectivity index (χ0n) is 26.1. The zero-order valence-corrected chi connectivity index (χ0v) is 26.9. The predicted octanol–water partition coefficient (Wildman–Crippen LogP) is 6.04. The topological polar surface area (TPSA) is 93.8 Å². The molecule has 0 radical (unpaired) electrons. The number of fused-ring (bicyclic) bond motifs is 1. The first-order valence-electron chi connectivity index (χ1n) is 15.7. The highest BCUT2D eigenvalue weighted by Crippen LogP contribution is 2.28. The summed E-state index contributed by atoms with van der Waals surface area (Å²) in [4.78, 5) is 30.7. The van der Waals surface area contributed by atoms with Gasteiger partial charge < -0.3 is 9.64 Å². The van der Waals surface area contributed by atoms with E-state index in [9.17, 15) is 22.4 Å². The molecule has 6 rings (SSSR count). The molecule has 47 heavy (non-hydrogen) atoms. The Bertz CT molecular complexity index is 1950. The lowest BCUT2D eigenvalue weighted by atomic mass is 10.0. The number of ether oxygens (including phenoxy) is 1. The number of amides is 1. The van der Waals surface area contributed by atoms with Crippen molar-refractivity contribution in [1.82, 2.24) is 18.3 Å². The van der Waals surface area contributed by atoms with Gasteiger partial charge in [0.2, 0.25) is 0 Å². The molecule has 1 aliphatic heterocycles. The van der Waals surface area contributed by atoms with Gasteiger partial charge in [-0.15, -0.1) is 0 Å². The van der Waals surface area contributed by atoms with E-state index >= 15 is 0 Å². The summed E-state index contributed by atoms with van der Waals surface area (Å²) < 4.78 is 48.7. The van der Waals surface area contributed by atoms with E-state index < -0.39 is 27.6 Å². The normalized spacial score (nSPS) is 14.8. The maximum atomic E-state index is 13.8. The molecule has 1 amide bonds. The monoisotopic (exact) mass is 656 g/mol. The molecule has 244 valence electrons. The predicted molar refractivity (Wildman–Crippen MR) is 178 cm³/mol. The molecule has 0 bridgehead atoms. The molecule has 0 aliphatic carbocycles. The summed E-state index contributed by atoms with van der Waals surface area (Å²) in [6.45, 7) is 4.39. The van der Waals surface area contributed by atoms with Crippen LogP contribution in [0.3, 0.4) is 0 Å². The number of para-hydroxylation sites is 2. The third kappa shape index (κ3) is 7.01. The van der Waals surface area contributed by atoms with Gasteiger partial charge in [0.05, 0.1) is 15.9 Å². The fraction of sp³-hybridized carbons (Fsp3) is 0.278. The summed E-state index contributed by atoms with van der Waals surface area (Å²) in [6.07, 6.45) is 0.482. The van der Waals surface area contributed by atoms with E-state index in [0.717, 1.165) is 28.2 Å². The van der Waals surface area contributed by atoms with Crippen LogP contribution in [-0.4, -0.2) is 58.6 Å². The lowest BCUT2D eigenvalue weighted by Gasteiger charge is -2.33. The van der Waals surface area contributed by atoms with E-state index in [1.807, 2.05) is 43.3 Å². The van der Waals surface area contributed by atoms with Gasteiger partial charge >= 0.3 is 11.8 Å². The van der Waals surface area contributed by atoms with E-state index in [-0.39, 0.29) is 29.1 Å². The lowest BCUT2D eigenvalue weighted by Crippen LogP contribution is -2.43. The van der Waals surface area contributed by atoms with E-state index in [1.54, 1.807) is 29.2 Å². The Labute approximate surface area is 273 Å². The Kier molecular flexibility index (Phi) is 9.55. The number of piperidine rings is 1. The molecule has 4 aromatic carbocycles. The standard InChI is InChI=1S/C36H37FN4O5S/c1-27(39(24-28-10-4-2-5-11-28)25-29-12-6-3-7-13-29)26-46-36(43)38-22-20-31(21-23-38)40-33-14-8-9-15-34(33)41(35(40)42)47(44,45)32-18-16-30(37)17-19-32/h2-19,27,31H,20-26H2,1H3/t27-/m0/s1. The quantitative estimate of drug-likeness (QED) is 0.182. The van der Waals surface area contributed by atoms with Crippen LogP contribution in [-0.2, 0) is 27.8 Å². The van der Waals surface area contributed by atoms with Gasteiger partial charge in [-0.05, 0) is 67.3 Å². The summed E-state index contributed by atoms with van der Waals surface area (Å²) >= 11 is 0. The van der Waals surface area contributed by atoms with Crippen LogP contribution in [0, 0.1) is 5.82 Å². The number of carbonyl (C=O) groups excluding carboxylic acids is 1. The molecule has 1 aliphatic rings. The number of hydrogen-bond donors (Lipinski definition) is 0. The Morgan fingerprint density at radius 2 is 1.36 bits per heavy atom. The molecule has 2 heterocycles. The number of hydrogen-bond acceptors (Lipinski definition) is 6. The van der Waals surface area contributed by atoms with Crippen molar-refractivity contribution < 1.29 is 22.3 Å². The summed E-state index contributed by atoms with van der Waals surface area (Å²) in [5, 5.41) is 0.